The number of methoxy groups -OCH3 is 1. The predicted molar refractivity (Wildman–Crippen MR) is 58.3 cm³/mol. The van der Waals surface area contributed by atoms with E-state index in [1.54, 1.807) is 0 Å². The van der Waals surface area contributed by atoms with Gasteiger partial charge in [-0.05, 0) is 6.07 Å². The van der Waals surface area contributed by atoms with E-state index in [0.29, 0.717) is 24.7 Å². The molecule has 0 amide bonds. The van der Waals surface area contributed by atoms with E-state index in [0.717, 1.165) is 7.11 Å². The molecular weight excluding hydrogens is 251 g/mol. The highest BCUT2D eigenvalue weighted by Gasteiger charge is 2.26. The molecule has 1 aromatic rings. The molecule has 1 aromatic carbocycles. The van der Waals surface area contributed by atoms with E-state index in [1.807, 2.05) is 0 Å². The van der Waals surface area contributed by atoms with Crippen molar-refractivity contribution in [2.45, 2.75) is 6.17 Å². The quantitative estimate of drug-likeness (QED) is 0.766. The van der Waals surface area contributed by atoms with Crippen LogP contribution in [0.25, 0.3) is 0 Å². The fourth-order valence-electron chi connectivity index (χ4n) is 1.50. The maximum Gasteiger partial charge on any atom is 0.345 e. The summed E-state index contributed by atoms with van der Waals surface area (Å²) in [6.07, 6.45) is -1.93. The monoisotopic (exact) mass is 260 g/mol. The van der Waals surface area contributed by atoms with Crippen molar-refractivity contribution in [2.24, 2.45) is 0 Å². The number of benzene rings is 1. The molecule has 0 saturated heterocycles. The molecule has 6 heteroatoms. The number of carbonyl (C=O) groups is 1. The second-order valence-corrected chi connectivity index (χ2v) is 3.81. The van der Waals surface area contributed by atoms with Gasteiger partial charge in [-0.25, -0.2) is 9.18 Å². The maximum atomic E-state index is 13.7. The average Bonchev–Trinajstić information content (AvgIpc) is 2.36. The minimum absolute atomic E-state index is 0.0165. The van der Waals surface area contributed by atoms with Crippen LogP contribution < -0.4 is 9.47 Å². The average molecular weight is 261 g/mol. The van der Waals surface area contributed by atoms with Crippen molar-refractivity contribution in [3.63, 3.8) is 0 Å². The normalized spacial score (nSPS) is 15.2. The van der Waals surface area contributed by atoms with Crippen LogP contribution in [0, 0.1) is 0 Å². The summed E-state index contributed by atoms with van der Waals surface area (Å²) < 4.78 is 28.6. The van der Waals surface area contributed by atoms with Gasteiger partial charge < -0.3 is 14.2 Å². The van der Waals surface area contributed by atoms with Gasteiger partial charge >= 0.3 is 5.97 Å². The van der Waals surface area contributed by atoms with Gasteiger partial charge in [0.15, 0.2) is 11.5 Å². The van der Waals surface area contributed by atoms with Gasteiger partial charge in [-0.2, -0.15) is 0 Å². The molecule has 0 aliphatic carbocycles. The van der Waals surface area contributed by atoms with Crippen molar-refractivity contribution >= 4 is 17.6 Å². The molecule has 0 aromatic heterocycles. The predicted octanol–water partition coefficient (Wildman–Crippen LogP) is 2.29. The van der Waals surface area contributed by atoms with E-state index in [9.17, 15) is 9.18 Å². The van der Waals surface area contributed by atoms with Gasteiger partial charge in [-0.15, -0.1) is 0 Å². The molecule has 0 radical (unpaired) electrons. The second-order valence-electron chi connectivity index (χ2n) is 3.40. The Kier molecular flexibility index (Phi) is 3.38. The number of rotatable bonds is 2. The lowest BCUT2D eigenvalue weighted by molar-refractivity contribution is -0.146. The molecule has 1 aliphatic heterocycles. The van der Waals surface area contributed by atoms with Crippen molar-refractivity contribution < 1.29 is 23.4 Å². The zero-order chi connectivity index (χ0) is 12.4. The Hall–Kier alpha value is -1.49. The van der Waals surface area contributed by atoms with Crippen LogP contribution in [0.15, 0.2) is 12.1 Å². The van der Waals surface area contributed by atoms with E-state index in [2.05, 4.69) is 4.74 Å². The largest absolute Gasteiger partial charge is 0.486 e. The summed E-state index contributed by atoms with van der Waals surface area (Å²) in [6, 6.07) is 2.79. The van der Waals surface area contributed by atoms with Gasteiger partial charge in [0.2, 0.25) is 6.17 Å². The lowest BCUT2D eigenvalue weighted by Gasteiger charge is -2.20. The van der Waals surface area contributed by atoms with Crippen molar-refractivity contribution in [1.82, 2.24) is 0 Å². The third-order valence-corrected chi connectivity index (χ3v) is 2.67. The lowest BCUT2D eigenvalue weighted by atomic mass is 10.1. The molecule has 17 heavy (non-hydrogen) atoms. The van der Waals surface area contributed by atoms with Crippen molar-refractivity contribution in [3.8, 4) is 11.5 Å². The van der Waals surface area contributed by atoms with Crippen molar-refractivity contribution in [3.05, 3.63) is 22.7 Å². The number of fused-ring (bicyclic) bond motifs is 1. The summed E-state index contributed by atoms with van der Waals surface area (Å²) in [7, 11) is 1.11. The molecule has 0 saturated carbocycles. The third-order valence-electron chi connectivity index (χ3n) is 2.34. The van der Waals surface area contributed by atoms with Crippen LogP contribution in [0.2, 0.25) is 5.02 Å². The van der Waals surface area contributed by atoms with E-state index in [1.165, 1.54) is 12.1 Å². The first-order valence-corrected chi connectivity index (χ1v) is 5.32. The number of alkyl halides is 1. The molecule has 1 unspecified atom stereocenters. The van der Waals surface area contributed by atoms with Crippen molar-refractivity contribution in [1.29, 1.82) is 0 Å². The topological polar surface area (TPSA) is 44.8 Å². The standard InChI is InChI=1S/C11H10ClFO4/c1-15-11(14)10(13)6-4-8-9(5-7(6)12)17-3-2-16-8/h4-5,10H,2-3H2,1H3. The molecule has 0 spiro atoms. The fraction of sp³-hybridized carbons (Fsp3) is 0.364. The molecule has 2 rings (SSSR count). The Morgan fingerprint density at radius 1 is 1.41 bits per heavy atom. The molecule has 4 nitrogen and oxygen atoms in total. The Morgan fingerprint density at radius 3 is 2.59 bits per heavy atom. The summed E-state index contributed by atoms with van der Waals surface area (Å²) in [5.74, 6) is -0.173. The zero-order valence-corrected chi connectivity index (χ0v) is 9.79. The first-order valence-electron chi connectivity index (χ1n) is 4.94. The highest BCUT2D eigenvalue weighted by atomic mass is 35.5. The molecule has 1 atom stereocenters. The van der Waals surface area contributed by atoms with Gasteiger partial charge in [-0.1, -0.05) is 11.6 Å². The van der Waals surface area contributed by atoms with Crippen LogP contribution in [0.5, 0.6) is 11.5 Å². The van der Waals surface area contributed by atoms with Gasteiger partial charge in [0, 0.05) is 11.6 Å². The third kappa shape index (κ3) is 2.29. The van der Waals surface area contributed by atoms with Crippen LogP contribution in [-0.2, 0) is 9.53 Å². The number of halogens is 2. The molecular formula is C11H10ClFO4. The van der Waals surface area contributed by atoms with Gasteiger partial charge in [0.1, 0.15) is 13.2 Å². The summed E-state index contributed by atoms with van der Waals surface area (Å²) in [5.41, 5.74) is 0.0165. The number of ether oxygens (including phenoxy) is 3. The van der Waals surface area contributed by atoms with Crippen LogP contribution >= 0.6 is 11.6 Å². The van der Waals surface area contributed by atoms with Crippen LogP contribution in [0.3, 0.4) is 0 Å². The number of hydrogen-bond acceptors (Lipinski definition) is 4. The molecule has 1 aliphatic rings. The summed E-state index contributed by atoms with van der Waals surface area (Å²) in [4.78, 5) is 11.1. The zero-order valence-electron chi connectivity index (χ0n) is 9.04. The highest BCUT2D eigenvalue weighted by molar-refractivity contribution is 6.31. The first-order chi connectivity index (χ1) is 8.13. The van der Waals surface area contributed by atoms with E-state index in [-0.39, 0.29) is 10.6 Å². The molecule has 0 bridgehead atoms. The number of esters is 1. The minimum atomic E-state index is -1.93. The molecule has 0 fully saturated rings. The van der Waals surface area contributed by atoms with Crippen LogP contribution in [-0.4, -0.2) is 26.3 Å². The van der Waals surface area contributed by atoms with E-state index in [4.69, 9.17) is 21.1 Å². The summed E-state index contributed by atoms with van der Waals surface area (Å²) >= 11 is 5.87. The smallest absolute Gasteiger partial charge is 0.345 e. The van der Waals surface area contributed by atoms with Gasteiger partial charge in [0.05, 0.1) is 12.1 Å². The Morgan fingerprint density at radius 2 is 2.00 bits per heavy atom. The van der Waals surface area contributed by atoms with E-state index >= 15 is 0 Å². The molecule has 0 N–H and O–H groups in total. The summed E-state index contributed by atoms with van der Waals surface area (Å²) in [5, 5.41) is 0.104. The minimum Gasteiger partial charge on any atom is -0.486 e. The molecule has 92 valence electrons. The van der Waals surface area contributed by atoms with Crippen LogP contribution in [0.4, 0.5) is 4.39 Å². The van der Waals surface area contributed by atoms with Crippen molar-refractivity contribution in [2.75, 3.05) is 20.3 Å². The number of hydrogen-bond donors (Lipinski definition) is 0. The second kappa shape index (κ2) is 4.79. The molecule has 1 heterocycles. The van der Waals surface area contributed by atoms with E-state index < -0.39 is 12.1 Å². The maximum absolute atomic E-state index is 13.7. The summed E-state index contributed by atoms with van der Waals surface area (Å²) in [6.45, 7) is 0.794. The lowest BCUT2D eigenvalue weighted by Crippen LogP contribution is -2.16. The fourth-order valence-corrected chi connectivity index (χ4v) is 1.75. The Labute approximate surface area is 102 Å². The van der Waals surface area contributed by atoms with Gasteiger partial charge in [0.25, 0.3) is 0 Å². The highest BCUT2D eigenvalue weighted by Crippen LogP contribution is 2.38. The first kappa shape index (κ1) is 12.0. The van der Waals surface area contributed by atoms with Gasteiger partial charge in [-0.3, -0.25) is 0 Å². The van der Waals surface area contributed by atoms with Crippen LogP contribution in [0.1, 0.15) is 11.7 Å². The SMILES string of the molecule is COC(=O)C(F)c1cc2c(cc1Cl)OCCO2. The Bertz CT molecular complexity index is 449. The number of carbonyl (C=O) groups excluding carboxylic acids is 1. The Balaban J connectivity index is 2.37.